The molecule has 0 amide bonds. The van der Waals surface area contributed by atoms with Crippen molar-refractivity contribution in [3.63, 3.8) is 0 Å². The molecule has 0 heterocycles. The Morgan fingerprint density at radius 1 is 0.714 bits per heavy atom. The molecule has 126 valence electrons. The lowest BCUT2D eigenvalue weighted by Crippen LogP contribution is -2.34. The zero-order valence-corrected chi connectivity index (χ0v) is 14.2. The quantitative estimate of drug-likeness (QED) is 0.339. The Morgan fingerprint density at radius 2 is 1.05 bits per heavy atom. The normalized spacial score (nSPS) is 11.8. The SMILES string of the molecule is CCCCCCCCCCCCCCCC(=O)C(C)(O)O. The van der Waals surface area contributed by atoms with Crippen LogP contribution < -0.4 is 0 Å². The standard InChI is InChI=1S/C18H36O3/c1-3-4-5-6-7-8-9-10-11-12-13-14-15-16-17(19)18(2,20)21/h20-21H,3-16H2,1-2H3. The van der Waals surface area contributed by atoms with E-state index in [0.29, 0.717) is 0 Å². The van der Waals surface area contributed by atoms with Crippen molar-refractivity contribution in [2.24, 2.45) is 0 Å². The van der Waals surface area contributed by atoms with Crippen LogP contribution in [0.4, 0.5) is 0 Å². The van der Waals surface area contributed by atoms with Gasteiger partial charge < -0.3 is 10.2 Å². The van der Waals surface area contributed by atoms with E-state index in [1.165, 1.54) is 64.2 Å². The number of Topliss-reactive ketones (excluding diaryl/α,β-unsaturated/α-hetero) is 1. The van der Waals surface area contributed by atoms with Crippen LogP contribution in [0.5, 0.6) is 0 Å². The Morgan fingerprint density at radius 3 is 1.38 bits per heavy atom. The molecule has 0 radical (unpaired) electrons. The molecule has 0 rings (SSSR count). The third-order valence-corrected chi connectivity index (χ3v) is 4.04. The lowest BCUT2D eigenvalue weighted by Gasteiger charge is -2.13. The van der Waals surface area contributed by atoms with Crippen molar-refractivity contribution in [2.45, 2.75) is 110 Å². The van der Waals surface area contributed by atoms with Gasteiger partial charge in [0.1, 0.15) is 0 Å². The molecular formula is C18H36O3. The third-order valence-electron chi connectivity index (χ3n) is 4.04. The van der Waals surface area contributed by atoms with E-state index in [-0.39, 0.29) is 6.42 Å². The second-order valence-electron chi connectivity index (χ2n) is 6.44. The average Bonchev–Trinajstić information content (AvgIpc) is 2.42. The van der Waals surface area contributed by atoms with E-state index in [1.807, 2.05) is 0 Å². The summed E-state index contributed by atoms with van der Waals surface area (Å²) >= 11 is 0. The van der Waals surface area contributed by atoms with Gasteiger partial charge in [0.15, 0.2) is 5.78 Å². The van der Waals surface area contributed by atoms with Gasteiger partial charge in [0.05, 0.1) is 0 Å². The summed E-state index contributed by atoms with van der Waals surface area (Å²) in [6, 6.07) is 0. The molecule has 0 fully saturated rings. The van der Waals surface area contributed by atoms with Crippen molar-refractivity contribution in [1.29, 1.82) is 0 Å². The second kappa shape index (κ2) is 13.3. The highest BCUT2D eigenvalue weighted by Crippen LogP contribution is 2.14. The van der Waals surface area contributed by atoms with E-state index in [0.717, 1.165) is 26.2 Å². The van der Waals surface area contributed by atoms with Crippen molar-refractivity contribution < 1.29 is 15.0 Å². The molecule has 3 nitrogen and oxygen atoms in total. The van der Waals surface area contributed by atoms with Gasteiger partial charge in [-0.3, -0.25) is 4.79 Å². The van der Waals surface area contributed by atoms with Gasteiger partial charge in [-0.05, 0) is 13.3 Å². The molecule has 0 aliphatic heterocycles. The minimum atomic E-state index is -2.14. The number of unbranched alkanes of at least 4 members (excludes halogenated alkanes) is 12. The average molecular weight is 300 g/mol. The molecule has 0 bridgehead atoms. The molecule has 0 saturated heterocycles. The molecule has 21 heavy (non-hydrogen) atoms. The van der Waals surface area contributed by atoms with Gasteiger partial charge in [-0.2, -0.15) is 0 Å². The zero-order chi connectivity index (χ0) is 16.0. The monoisotopic (exact) mass is 300 g/mol. The van der Waals surface area contributed by atoms with Gasteiger partial charge >= 0.3 is 0 Å². The fraction of sp³-hybridized carbons (Fsp3) is 0.944. The number of carbonyl (C=O) groups is 1. The van der Waals surface area contributed by atoms with Gasteiger partial charge in [0, 0.05) is 6.42 Å². The number of hydrogen-bond acceptors (Lipinski definition) is 3. The van der Waals surface area contributed by atoms with Crippen molar-refractivity contribution in [2.75, 3.05) is 0 Å². The lowest BCUT2D eigenvalue weighted by atomic mass is 10.0. The molecular weight excluding hydrogens is 264 g/mol. The molecule has 0 aromatic carbocycles. The summed E-state index contributed by atoms with van der Waals surface area (Å²) in [6.45, 7) is 3.39. The maximum atomic E-state index is 11.3. The smallest absolute Gasteiger partial charge is 0.220 e. The van der Waals surface area contributed by atoms with Crippen LogP contribution in [-0.4, -0.2) is 21.8 Å². The summed E-state index contributed by atoms with van der Waals surface area (Å²) in [6.07, 6.45) is 16.7. The highest BCUT2D eigenvalue weighted by molar-refractivity contribution is 5.84. The second-order valence-corrected chi connectivity index (χ2v) is 6.44. The van der Waals surface area contributed by atoms with Crippen molar-refractivity contribution >= 4 is 5.78 Å². The Kier molecular flexibility index (Phi) is 13.0. The molecule has 0 aromatic rings. The predicted molar refractivity (Wildman–Crippen MR) is 88.2 cm³/mol. The van der Waals surface area contributed by atoms with Gasteiger partial charge in [0.25, 0.3) is 0 Å². The number of carbonyl (C=O) groups excluding carboxylic acids is 1. The Labute approximate surface area is 131 Å². The molecule has 0 aromatic heterocycles. The fourth-order valence-electron chi connectivity index (χ4n) is 2.54. The first-order chi connectivity index (χ1) is 9.98. The highest BCUT2D eigenvalue weighted by Gasteiger charge is 2.24. The van der Waals surface area contributed by atoms with E-state index in [9.17, 15) is 4.79 Å². The van der Waals surface area contributed by atoms with Gasteiger partial charge in [-0.15, -0.1) is 0 Å². The molecule has 0 spiro atoms. The van der Waals surface area contributed by atoms with Crippen LogP contribution in [0, 0.1) is 0 Å². The summed E-state index contributed by atoms with van der Waals surface area (Å²) in [5, 5.41) is 18.2. The first-order valence-corrected chi connectivity index (χ1v) is 8.96. The van der Waals surface area contributed by atoms with E-state index in [2.05, 4.69) is 6.92 Å². The van der Waals surface area contributed by atoms with E-state index in [1.54, 1.807) is 0 Å². The molecule has 0 saturated carbocycles. The van der Waals surface area contributed by atoms with Crippen LogP contribution in [0.3, 0.4) is 0 Å². The number of hydrogen-bond donors (Lipinski definition) is 2. The van der Waals surface area contributed by atoms with Crippen molar-refractivity contribution in [1.82, 2.24) is 0 Å². The Bertz CT molecular complexity index is 243. The topological polar surface area (TPSA) is 57.5 Å². The number of rotatable bonds is 15. The minimum Gasteiger partial charge on any atom is -0.360 e. The van der Waals surface area contributed by atoms with Crippen molar-refractivity contribution in [3.05, 3.63) is 0 Å². The van der Waals surface area contributed by atoms with Crippen LogP contribution in [0.25, 0.3) is 0 Å². The maximum absolute atomic E-state index is 11.3. The van der Waals surface area contributed by atoms with E-state index >= 15 is 0 Å². The number of ketones is 1. The zero-order valence-electron chi connectivity index (χ0n) is 14.2. The summed E-state index contributed by atoms with van der Waals surface area (Å²) in [5.41, 5.74) is 0. The summed E-state index contributed by atoms with van der Waals surface area (Å²) in [4.78, 5) is 11.3. The molecule has 0 atom stereocenters. The summed E-state index contributed by atoms with van der Waals surface area (Å²) in [7, 11) is 0. The summed E-state index contributed by atoms with van der Waals surface area (Å²) < 4.78 is 0. The third kappa shape index (κ3) is 14.3. The fourth-order valence-corrected chi connectivity index (χ4v) is 2.54. The van der Waals surface area contributed by atoms with E-state index in [4.69, 9.17) is 10.2 Å². The van der Waals surface area contributed by atoms with Gasteiger partial charge in [0.2, 0.25) is 5.79 Å². The van der Waals surface area contributed by atoms with Crippen LogP contribution >= 0.6 is 0 Å². The Hall–Kier alpha value is -0.410. The van der Waals surface area contributed by atoms with Crippen LogP contribution in [0.2, 0.25) is 0 Å². The Balaban J connectivity index is 3.14. The van der Waals surface area contributed by atoms with E-state index < -0.39 is 11.6 Å². The molecule has 2 N–H and O–H groups in total. The highest BCUT2D eigenvalue weighted by atomic mass is 16.5. The lowest BCUT2D eigenvalue weighted by molar-refractivity contribution is -0.175. The predicted octanol–water partition coefficient (Wildman–Crippen LogP) is 4.74. The molecule has 0 aliphatic rings. The van der Waals surface area contributed by atoms with Crippen LogP contribution in [0.1, 0.15) is 104 Å². The summed E-state index contributed by atoms with van der Waals surface area (Å²) in [5.74, 6) is -2.61. The minimum absolute atomic E-state index is 0.279. The largest absolute Gasteiger partial charge is 0.360 e. The van der Waals surface area contributed by atoms with Crippen LogP contribution in [-0.2, 0) is 4.79 Å². The van der Waals surface area contributed by atoms with Gasteiger partial charge in [-0.1, -0.05) is 84.0 Å². The molecule has 3 heteroatoms. The number of aliphatic hydroxyl groups is 2. The van der Waals surface area contributed by atoms with Crippen LogP contribution in [0.15, 0.2) is 0 Å². The first-order valence-electron chi connectivity index (χ1n) is 8.96. The first kappa shape index (κ1) is 20.6. The maximum Gasteiger partial charge on any atom is 0.220 e. The van der Waals surface area contributed by atoms with Gasteiger partial charge in [-0.25, -0.2) is 0 Å². The molecule has 0 unspecified atom stereocenters. The van der Waals surface area contributed by atoms with Crippen molar-refractivity contribution in [3.8, 4) is 0 Å². The molecule has 0 aliphatic carbocycles.